The summed E-state index contributed by atoms with van der Waals surface area (Å²) in [5.41, 5.74) is 0.844. The van der Waals surface area contributed by atoms with Crippen LogP contribution < -0.4 is 0 Å². The number of nitrogens with zero attached hydrogens (tertiary/aromatic N) is 4. The fourth-order valence-corrected chi connectivity index (χ4v) is 3.69. The van der Waals surface area contributed by atoms with Crippen molar-refractivity contribution < 1.29 is 14.4 Å². The Morgan fingerprint density at radius 1 is 1.41 bits per heavy atom. The van der Waals surface area contributed by atoms with Crippen molar-refractivity contribution in [3.63, 3.8) is 0 Å². The van der Waals surface area contributed by atoms with E-state index < -0.39 is 5.97 Å². The predicted octanol–water partition coefficient (Wildman–Crippen LogP) is 2.80. The van der Waals surface area contributed by atoms with E-state index >= 15 is 0 Å². The number of benzene rings is 1. The number of carboxylic acids is 1. The number of likely N-dealkylation sites (tertiary alicyclic amines) is 1. The van der Waals surface area contributed by atoms with Crippen LogP contribution in [-0.2, 0) is 11.2 Å². The van der Waals surface area contributed by atoms with Crippen molar-refractivity contribution in [3.8, 4) is 11.4 Å². The summed E-state index contributed by atoms with van der Waals surface area (Å²) >= 11 is 6.01. The van der Waals surface area contributed by atoms with Crippen LogP contribution in [0.1, 0.15) is 25.2 Å². The second kappa shape index (κ2) is 9.30. The Hall–Kier alpha value is -1.96. The molecular weight excluding hydrogens is 368 g/mol. The lowest BCUT2D eigenvalue weighted by molar-refractivity contribution is -0.138. The van der Waals surface area contributed by atoms with E-state index in [9.17, 15) is 4.79 Å². The van der Waals surface area contributed by atoms with Crippen LogP contribution in [0, 0.1) is 0 Å². The van der Waals surface area contributed by atoms with Gasteiger partial charge in [-0.15, -0.1) is 0 Å². The summed E-state index contributed by atoms with van der Waals surface area (Å²) in [5, 5.41) is 13.7. The summed E-state index contributed by atoms with van der Waals surface area (Å²) in [4.78, 5) is 19.7. The first-order valence-electron chi connectivity index (χ1n) is 9.24. The minimum Gasteiger partial charge on any atom is -0.480 e. The number of carboxylic acid groups (broad SMARTS) is 1. The van der Waals surface area contributed by atoms with Crippen molar-refractivity contribution in [2.45, 2.75) is 31.7 Å². The van der Waals surface area contributed by atoms with Gasteiger partial charge in [0.25, 0.3) is 0 Å². The minimum absolute atomic E-state index is 0.0962. The van der Waals surface area contributed by atoms with Crippen molar-refractivity contribution >= 4 is 17.6 Å². The van der Waals surface area contributed by atoms with Crippen molar-refractivity contribution in [2.75, 3.05) is 33.2 Å². The third-order valence-electron chi connectivity index (χ3n) is 4.99. The smallest absolute Gasteiger partial charge is 0.317 e. The van der Waals surface area contributed by atoms with Gasteiger partial charge in [-0.1, -0.05) is 28.9 Å². The molecule has 0 amide bonds. The number of aliphatic carboxylic acids is 1. The van der Waals surface area contributed by atoms with Crippen molar-refractivity contribution in [1.29, 1.82) is 0 Å². The number of rotatable bonds is 7. The molecule has 1 aliphatic rings. The molecule has 2 aromatic rings. The first-order chi connectivity index (χ1) is 13.0. The van der Waals surface area contributed by atoms with Crippen LogP contribution >= 0.6 is 11.6 Å². The average Bonchev–Trinajstić information content (AvgIpc) is 2.97. The van der Waals surface area contributed by atoms with Gasteiger partial charge in [0.1, 0.15) is 0 Å². The number of carbonyl (C=O) groups is 1. The maximum absolute atomic E-state index is 10.9. The molecule has 1 aromatic carbocycles. The number of hydrogen-bond donors (Lipinski definition) is 1. The highest BCUT2D eigenvalue weighted by Crippen LogP contribution is 2.20. The zero-order valence-electron chi connectivity index (χ0n) is 15.5. The molecule has 8 heteroatoms. The van der Waals surface area contributed by atoms with Gasteiger partial charge in [0.15, 0.2) is 0 Å². The van der Waals surface area contributed by atoms with Crippen molar-refractivity contribution in [3.05, 3.63) is 35.2 Å². The lowest BCUT2D eigenvalue weighted by Gasteiger charge is -2.25. The monoisotopic (exact) mass is 392 g/mol. The van der Waals surface area contributed by atoms with E-state index in [0.717, 1.165) is 44.5 Å². The molecule has 1 fully saturated rings. The van der Waals surface area contributed by atoms with Gasteiger partial charge in [-0.25, -0.2) is 0 Å². The maximum Gasteiger partial charge on any atom is 0.317 e. The van der Waals surface area contributed by atoms with Gasteiger partial charge < -0.3 is 14.5 Å². The van der Waals surface area contributed by atoms with E-state index in [0.29, 0.717) is 29.2 Å². The van der Waals surface area contributed by atoms with Gasteiger partial charge in [-0.2, -0.15) is 4.98 Å². The van der Waals surface area contributed by atoms with E-state index in [1.807, 2.05) is 36.2 Å². The lowest BCUT2D eigenvalue weighted by Crippen LogP contribution is -2.36. The van der Waals surface area contributed by atoms with Crippen LogP contribution in [0.15, 0.2) is 28.8 Å². The Morgan fingerprint density at radius 2 is 2.26 bits per heavy atom. The Bertz CT molecular complexity index is 767. The molecule has 0 radical (unpaired) electrons. The van der Waals surface area contributed by atoms with Crippen molar-refractivity contribution in [2.24, 2.45) is 0 Å². The van der Waals surface area contributed by atoms with Crippen LogP contribution in [0.5, 0.6) is 0 Å². The maximum atomic E-state index is 10.9. The van der Waals surface area contributed by atoms with E-state index in [1.165, 1.54) is 0 Å². The summed E-state index contributed by atoms with van der Waals surface area (Å²) in [5.74, 6) is 0.401. The van der Waals surface area contributed by atoms with Gasteiger partial charge >= 0.3 is 5.97 Å². The molecular formula is C19H25ClN4O3. The molecule has 1 aromatic heterocycles. The summed E-state index contributed by atoms with van der Waals surface area (Å²) in [6.07, 6.45) is 3.76. The van der Waals surface area contributed by atoms with Crippen LogP contribution in [0.3, 0.4) is 0 Å². The molecule has 1 N–H and O–H groups in total. The van der Waals surface area contributed by atoms with Gasteiger partial charge in [0.2, 0.25) is 11.7 Å². The van der Waals surface area contributed by atoms with Crippen LogP contribution in [0.25, 0.3) is 11.4 Å². The highest BCUT2D eigenvalue weighted by Gasteiger charge is 2.22. The van der Waals surface area contributed by atoms with Gasteiger partial charge in [-0.05, 0) is 51.5 Å². The molecule has 3 rings (SSSR count). The first-order valence-corrected chi connectivity index (χ1v) is 9.62. The van der Waals surface area contributed by atoms with Crippen LogP contribution in [0.2, 0.25) is 5.02 Å². The highest BCUT2D eigenvalue weighted by atomic mass is 35.5. The SMILES string of the molecule is CN(CC(=O)O)C1CCCN(CCc2nc(-c3cccc(Cl)c3)no2)CC1. The molecule has 0 saturated carbocycles. The number of likely N-dealkylation sites (N-methyl/N-ethyl adjacent to an activating group) is 1. The molecule has 0 bridgehead atoms. The molecule has 1 aliphatic heterocycles. The largest absolute Gasteiger partial charge is 0.480 e. The highest BCUT2D eigenvalue weighted by molar-refractivity contribution is 6.30. The Labute approximate surface area is 163 Å². The topological polar surface area (TPSA) is 82.7 Å². The molecule has 2 heterocycles. The van der Waals surface area contributed by atoms with Crippen LogP contribution in [-0.4, -0.2) is 70.3 Å². The Balaban J connectivity index is 1.50. The fourth-order valence-electron chi connectivity index (χ4n) is 3.50. The first kappa shape index (κ1) is 19.8. The fraction of sp³-hybridized carbons (Fsp3) is 0.526. The van der Waals surface area contributed by atoms with E-state index in [2.05, 4.69) is 15.0 Å². The van der Waals surface area contributed by atoms with Gasteiger partial charge in [-0.3, -0.25) is 9.69 Å². The zero-order chi connectivity index (χ0) is 19.2. The van der Waals surface area contributed by atoms with E-state index in [4.69, 9.17) is 21.2 Å². The summed E-state index contributed by atoms with van der Waals surface area (Å²) < 4.78 is 5.38. The third-order valence-corrected chi connectivity index (χ3v) is 5.23. The summed E-state index contributed by atoms with van der Waals surface area (Å²) in [7, 11) is 1.89. The molecule has 0 spiro atoms. The molecule has 1 unspecified atom stereocenters. The second-order valence-electron chi connectivity index (χ2n) is 7.01. The zero-order valence-corrected chi connectivity index (χ0v) is 16.2. The predicted molar refractivity (Wildman–Crippen MR) is 103 cm³/mol. The molecule has 0 aliphatic carbocycles. The molecule has 146 valence electrons. The lowest BCUT2D eigenvalue weighted by atomic mass is 10.1. The Morgan fingerprint density at radius 3 is 3.04 bits per heavy atom. The van der Waals surface area contributed by atoms with Gasteiger partial charge in [0.05, 0.1) is 6.54 Å². The van der Waals surface area contributed by atoms with Gasteiger partial charge in [0, 0.05) is 29.6 Å². The Kier molecular flexibility index (Phi) is 6.82. The van der Waals surface area contributed by atoms with E-state index in [-0.39, 0.29) is 6.54 Å². The summed E-state index contributed by atoms with van der Waals surface area (Å²) in [6, 6.07) is 7.72. The van der Waals surface area contributed by atoms with E-state index in [1.54, 1.807) is 0 Å². The summed E-state index contributed by atoms with van der Waals surface area (Å²) in [6.45, 7) is 2.90. The van der Waals surface area contributed by atoms with Crippen LogP contribution in [0.4, 0.5) is 0 Å². The average molecular weight is 393 g/mol. The number of aromatic nitrogens is 2. The molecule has 1 saturated heterocycles. The molecule has 7 nitrogen and oxygen atoms in total. The minimum atomic E-state index is -0.773. The number of halogens is 1. The normalized spacial score (nSPS) is 18.6. The van der Waals surface area contributed by atoms with Crippen molar-refractivity contribution in [1.82, 2.24) is 19.9 Å². The number of hydrogen-bond acceptors (Lipinski definition) is 6. The molecule has 1 atom stereocenters. The third kappa shape index (κ3) is 5.76. The quantitative estimate of drug-likeness (QED) is 0.775. The molecule has 27 heavy (non-hydrogen) atoms. The standard InChI is InChI=1S/C19H25ClN4O3/c1-23(13-18(25)26)16-6-3-9-24(10-7-16)11-8-17-21-19(22-27-17)14-4-2-5-15(20)12-14/h2,4-5,12,16H,3,6-11,13H2,1H3,(H,25,26). The second-order valence-corrected chi connectivity index (χ2v) is 7.44.